The topological polar surface area (TPSA) is 78.9 Å². The Morgan fingerprint density at radius 1 is 0.319 bits per heavy atom. The minimum atomic E-state index is -0.849. The van der Waals surface area contributed by atoms with Crippen LogP contribution < -0.4 is 0 Å². The van der Waals surface area contributed by atoms with Crippen LogP contribution in [0.15, 0.2) is 122 Å². The van der Waals surface area contributed by atoms with Gasteiger partial charge in [-0.25, -0.2) is 0 Å². The predicted molar refractivity (Wildman–Crippen MR) is 297 cm³/mol. The van der Waals surface area contributed by atoms with Gasteiger partial charge >= 0.3 is 17.9 Å². The van der Waals surface area contributed by atoms with Gasteiger partial charge in [-0.05, 0) is 83.5 Å². The van der Waals surface area contributed by atoms with E-state index >= 15 is 0 Å². The summed E-state index contributed by atoms with van der Waals surface area (Å²) in [5.74, 6) is -1.13. The van der Waals surface area contributed by atoms with E-state index in [9.17, 15) is 14.4 Å². The fourth-order valence-electron chi connectivity index (χ4n) is 7.37. The molecular weight excluding hydrogens is 853 g/mol. The van der Waals surface area contributed by atoms with E-state index in [1.54, 1.807) is 6.08 Å². The standard InChI is InChI=1S/C63H102O6/c1-4-7-10-13-16-19-22-25-28-30-31-33-35-38-41-44-47-50-53-56-62(65)68-59-60(58-67-61(64)55-52-49-46-43-40-37-34-27-24-21-18-15-12-9-6-3)69-63(66)57-54-51-48-45-42-39-36-32-29-26-23-20-17-14-11-8-5-2/h8-9,11-12,17-18,20-21,26-27,29,34,36,39-40,43,45,48-49,52,60H,4-7,10,13-16,19,22-25,28,30-33,35,37-38,41-42,44,46-47,50-51,53-59H2,1-3H3/b11-8-,12-9-,20-17-,21-18-,29-26-,34-27-,39-36-,43-40-,48-45-,52-49-. The molecule has 0 bridgehead atoms. The summed E-state index contributed by atoms with van der Waals surface area (Å²) in [5.41, 5.74) is 0. The quantitative estimate of drug-likeness (QED) is 0.0262. The number of carbonyl (C=O) groups is 3. The fraction of sp³-hybridized carbons (Fsp3) is 0.635. The minimum absolute atomic E-state index is 0.112. The molecule has 0 saturated heterocycles. The van der Waals surface area contributed by atoms with Crippen LogP contribution in [0.3, 0.4) is 0 Å². The van der Waals surface area contributed by atoms with Crippen molar-refractivity contribution in [3.63, 3.8) is 0 Å². The zero-order chi connectivity index (χ0) is 50.0. The van der Waals surface area contributed by atoms with E-state index in [2.05, 4.69) is 130 Å². The Bertz CT molecular complexity index is 1470. The van der Waals surface area contributed by atoms with Crippen LogP contribution in [0.4, 0.5) is 0 Å². The van der Waals surface area contributed by atoms with Crippen molar-refractivity contribution < 1.29 is 28.6 Å². The van der Waals surface area contributed by atoms with Gasteiger partial charge in [0.1, 0.15) is 13.2 Å². The van der Waals surface area contributed by atoms with E-state index in [-0.39, 0.29) is 32.0 Å². The average molecular weight is 956 g/mol. The zero-order valence-corrected chi connectivity index (χ0v) is 44.5. The van der Waals surface area contributed by atoms with E-state index in [1.165, 1.54) is 103 Å². The van der Waals surface area contributed by atoms with Crippen molar-refractivity contribution in [3.05, 3.63) is 122 Å². The molecule has 0 aromatic heterocycles. The van der Waals surface area contributed by atoms with Crippen molar-refractivity contribution in [2.75, 3.05) is 13.2 Å². The Kier molecular flexibility index (Phi) is 53.0. The van der Waals surface area contributed by atoms with Gasteiger partial charge in [0.05, 0.1) is 6.42 Å². The van der Waals surface area contributed by atoms with Crippen molar-refractivity contribution in [2.24, 2.45) is 0 Å². The van der Waals surface area contributed by atoms with E-state index in [1.807, 2.05) is 6.08 Å². The van der Waals surface area contributed by atoms with Crippen LogP contribution in [0.1, 0.15) is 239 Å². The molecule has 0 aromatic rings. The molecular formula is C63H102O6. The molecule has 6 heteroatoms. The van der Waals surface area contributed by atoms with Crippen molar-refractivity contribution in [3.8, 4) is 0 Å². The number of rotatable bonds is 49. The molecule has 0 rings (SSSR count). The smallest absolute Gasteiger partial charge is 0.309 e. The zero-order valence-electron chi connectivity index (χ0n) is 44.5. The number of ether oxygens (including phenoxy) is 3. The first-order chi connectivity index (χ1) is 34.0. The molecule has 0 saturated carbocycles. The van der Waals surface area contributed by atoms with E-state index in [0.717, 1.165) is 89.9 Å². The van der Waals surface area contributed by atoms with Crippen LogP contribution in [0.25, 0.3) is 0 Å². The predicted octanol–water partition coefficient (Wildman–Crippen LogP) is 18.9. The molecule has 1 unspecified atom stereocenters. The van der Waals surface area contributed by atoms with Gasteiger partial charge in [-0.2, -0.15) is 0 Å². The molecule has 0 aliphatic rings. The maximum absolute atomic E-state index is 12.8. The Morgan fingerprint density at radius 3 is 1.00 bits per heavy atom. The van der Waals surface area contributed by atoms with Crippen molar-refractivity contribution in [1.29, 1.82) is 0 Å². The largest absolute Gasteiger partial charge is 0.462 e. The van der Waals surface area contributed by atoms with Crippen LogP contribution in [0, 0.1) is 0 Å². The number of hydrogen-bond donors (Lipinski definition) is 0. The van der Waals surface area contributed by atoms with Crippen LogP contribution in [-0.2, 0) is 28.6 Å². The Balaban J connectivity index is 4.55. The second kappa shape index (κ2) is 56.4. The second-order valence-corrected chi connectivity index (χ2v) is 18.1. The molecule has 0 aliphatic carbocycles. The van der Waals surface area contributed by atoms with Crippen LogP contribution in [0.5, 0.6) is 0 Å². The summed E-state index contributed by atoms with van der Waals surface area (Å²) in [6.07, 6.45) is 78.0. The van der Waals surface area contributed by atoms with Gasteiger partial charge in [0, 0.05) is 12.8 Å². The summed E-state index contributed by atoms with van der Waals surface area (Å²) >= 11 is 0. The van der Waals surface area contributed by atoms with Crippen LogP contribution in [0.2, 0.25) is 0 Å². The monoisotopic (exact) mass is 955 g/mol. The van der Waals surface area contributed by atoms with Gasteiger partial charge in [0.25, 0.3) is 0 Å². The summed E-state index contributed by atoms with van der Waals surface area (Å²) in [6, 6.07) is 0. The summed E-state index contributed by atoms with van der Waals surface area (Å²) in [4.78, 5) is 38.0. The molecule has 0 N–H and O–H groups in total. The highest BCUT2D eigenvalue weighted by molar-refractivity contribution is 5.72. The number of allylic oxidation sites excluding steroid dienone is 19. The average Bonchev–Trinajstić information content (AvgIpc) is 3.35. The lowest BCUT2D eigenvalue weighted by Gasteiger charge is -2.18. The minimum Gasteiger partial charge on any atom is -0.462 e. The molecule has 6 nitrogen and oxygen atoms in total. The maximum atomic E-state index is 12.8. The highest BCUT2D eigenvalue weighted by Crippen LogP contribution is 2.15. The second-order valence-electron chi connectivity index (χ2n) is 18.1. The van der Waals surface area contributed by atoms with Gasteiger partial charge in [-0.1, -0.05) is 258 Å². The van der Waals surface area contributed by atoms with E-state index < -0.39 is 18.0 Å². The van der Waals surface area contributed by atoms with E-state index in [4.69, 9.17) is 14.2 Å². The lowest BCUT2D eigenvalue weighted by molar-refractivity contribution is -0.166. The van der Waals surface area contributed by atoms with Crippen LogP contribution in [-0.4, -0.2) is 37.2 Å². The van der Waals surface area contributed by atoms with Gasteiger partial charge in [-0.15, -0.1) is 0 Å². The third kappa shape index (κ3) is 54.6. The molecule has 0 spiro atoms. The highest BCUT2D eigenvalue weighted by Gasteiger charge is 2.19. The summed E-state index contributed by atoms with van der Waals surface area (Å²) in [5, 5.41) is 0. The first-order valence-corrected chi connectivity index (χ1v) is 28.0. The SMILES string of the molecule is CC/C=C\C/C=C\C/C=C\C/C=C\C/C=C\CCCC(=O)OC(COC(=O)C/C=C\C/C=C\C/C=C\C/C=C\C/C=C\CC)COC(=O)CCCCCCCCCCCCCCCCCCCCC. The van der Waals surface area contributed by atoms with Crippen molar-refractivity contribution in [1.82, 2.24) is 0 Å². The fourth-order valence-corrected chi connectivity index (χ4v) is 7.37. The molecule has 0 heterocycles. The Morgan fingerprint density at radius 2 is 0.623 bits per heavy atom. The molecule has 0 radical (unpaired) electrons. The normalized spacial score (nSPS) is 13.0. The third-order valence-electron chi connectivity index (χ3n) is 11.5. The number of esters is 3. The first kappa shape index (κ1) is 64.8. The van der Waals surface area contributed by atoms with Gasteiger partial charge in [-0.3, -0.25) is 14.4 Å². The first-order valence-electron chi connectivity index (χ1n) is 28.0. The van der Waals surface area contributed by atoms with Gasteiger partial charge in [0.2, 0.25) is 0 Å². The number of hydrogen-bond acceptors (Lipinski definition) is 6. The number of carbonyl (C=O) groups excluding carboxylic acids is 3. The van der Waals surface area contributed by atoms with E-state index in [0.29, 0.717) is 12.8 Å². The maximum Gasteiger partial charge on any atom is 0.309 e. The lowest BCUT2D eigenvalue weighted by atomic mass is 10.0. The molecule has 0 aromatic carbocycles. The molecule has 0 aliphatic heterocycles. The molecule has 390 valence electrons. The highest BCUT2D eigenvalue weighted by atomic mass is 16.6. The Hall–Kier alpha value is -4.19. The molecule has 69 heavy (non-hydrogen) atoms. The Labute approximate surface area is 424 Å². The molecule has 1 atom stereocenters. The van der Waals surface area contributed by atoms with Gasteiger partial charge in [0.15, 0.2) is 6.10 Å². The van der Waals surface area contributed by atoms with Gasteiger partial charge < -0.3 is 14.2 Å². The number of unbranched alkanes of at least 4 members (excludes halogenated alkanes) is 19. The van der Waals surface area contributed by atoms with Crippen molar-refractivity contribution >= 4 is 17.9 Å². The lowest BCUT2D eigenvalue weighted by Crippen LogP contribution is -2.30. The van der Waals surface area contributed by atoms with Crippen LogP contribution >= 0.6 is 0 Å². The molecule has 0 amide bonds. The summed E-state index contributed by atoms with van der Waals surface area (Å²) in [6.45, 7) is 6.28. The summed E-state index contributed by atoms with van der Waals surface area (Å²) < 4.78 is 16.7. The summed E-state index contributed by atoms with van der Waals surface area (Å²) in [7, 11) is 0. The van der Waals surface area contributed by atoms with Crippen molar-refractivity contribution in [2.45, 2.75) is 245 Å². The third-order valence-corrected chi connectivity index (χ3v) is 11.5. The molecule has 0 fully saturated rings.